The molecule has 2 heterocycles. The number of nitrogens with two attached hydrogens (primary N) is 1. The van der Waals surface area contributed by atoms with Crippen LogP contribution in [0.2, 0.25) is 0 Å². The lowest BCUT2D eigenvalue weighted by Gasteiger charge is -2.01. The quantitative estimate of drug-likeness (QED) is 0.840. The van der Waals surface area contributed by atoms with Crippen molar-refractivity contribution < 1.29 is 14.6 Å². The molecule has 0 saturated heterocycles. The average molecular weight is 289 g/mol. The first-order valence-electron chi connectivity index (χ1n) is 5.96. The standard InChI is InChI=1S/C13H11N3O3S/c1-2-19-6-3-4-8-7(5-6)9(11(17)15-8)10-12(18)16-13(14)20-10/h3-5,18H,2H2,1H3,(H2,14,16). The number of nitrogens with zero attached hydrogens (tertiary/aromatic N) is 2. The van der Waals surface area contributed by atoms with Gasteiger partial charge in [0.05, 0.1) is 17.5 Å². The van der Waals surface area contributed by atoms with E-state index in [0.29, 0.717) is 33.4 Å². The number of fused-ring (bicyclic) bond motifs is 1. The van der Waals surface area contributed by atoms with Gasteiger partial charge in [-0.1, -0.05) is 11.3 Å². The molecule has 1 aromatic carbocycles. The molecular weight excluding hydrogens is 278 g/mol. The SMILES string of the molecule is CCOc1ccc2c(c1)=C(c1sc(N)nc1O)C(=O)N=2. The number of hydrogen-bond acceptors (Lipinski definition) is 6. The number of ether oxygens (including phenoxy) is 1. The molecule has 102 valence electrons. The number of rotatable bonds is 3. The van der Waals surface area contributed by atoms with Gasteiger partial charge in [0.15, 0.2) is 5.13 Å². The topological polar surface area (TPSA) is 97.8 Å². The van der Waals surface area contributed by atoms with Gasteiger partial charge in [-0.15, -0.1) is 0 Å². The predicted molar refractivity (Wildman–Crippen MR) is 74.1 cm³/mol. The lowest BCUT2D eigenvalue weighted by molar-refractivity contribution is -0.112. The van der Waals surface area contributed by atoms with Crippen LogP contribution in [0.4, 0.5) is 5.13 Å². The molecule has 7 heteroatoms. The van der Waals surface area contributed by atoms with Crippen LogP contribution < -0.4 is 21.0 Å². The molecule has 0 saturated carbocycles. The third-order valence-corrected chi connectivity index (χ3v) is 3.73. The van der Waals surface area contributed by atoms with Crippen molar-refractivity contribution in [1.29, 1.82) is 0 Å². The Labute approximate surface area is 117 Å². The van der Waals surface area contributed by atoms with E-state index >= 15 is 0 Å². The molecule has 2 aromatic rings. The molecule has 0 atom stereocenters. The van der Waals surface area contributed by atoms with E-state index in [1.54, 1.807) is 18.2 Å². The molecule has 1 aromatic heterocycles. The second kappa shape index (κ2) is 4.61. The molecule has 20 heavy (non-hydrogen) atoms. The number of aromatic nitrogens is 1. The lowest BCUT2D eigenvalue weighted by atomic mass is 10.1. The number of benzene rings is 1. The maximum atomic E-state index is 12.0. The van der Waals surface area contributed by atoms with Crippen molar-refractivity contribution in [2.45, 2.75) is 6.92 Å². The Hall–Kier alpha value is -2.41. The molecule has 3 rings (SSSR count). The highest BCUT2D eigenvalue weighted by atomic mass is 32.1. The molecule has 0 unspecified atom stereocenters. The van der Waals surface area contributed by atoms with Gasteiger partial charge in [0.2, 0.25) is 5.88 Å². The van der Waals surface area contributed by atoms with E-state index in [-0.39, 0.29) is 11.0 Å². The molecule has 0 radical (unpaired) electrons. The van der Waals surface area contributed by atoms with Crippen molar-refractivity contribution in [3.8, 4) is 11.6 Å². The van der Waals surface area contributed by atoms with Crippen LogP contribution in [-0.4, -0.2) is 22.6 Å². The Morgan fingerprint density at radius 3 is 2.90 bits per heavy atom. The highest BCUT2D eigenvalue weighted by Gasteiger charge is 2.24. The van der Waals surface area contributed by atoms with Gasteiger partial charge < -0.3 is 15.6 Å². The molecule has 0 bridgehead atoms. The number of thiazole rings is 1. The zero-order valence-corrected chi connectivity index (χ0v) is 11.4. The van der Waals surface area contributed by atoms with Crippen molar-refractivity contribution in [1.82, 2.24) is 4.98 Å². The summed E-state index contributed by atoms with van der Waals surface area (Å²) >= 11 is 1.06. The molecule has 0 fully saturated rings. The second-order valence-corrected chi connectivity index (χ2v) is 5.14. The number of carbonyl (C=O) groups excluding carboxylic acids is 1. The minimum absolute atomic E-state index is 0.201. The molecule has 1 aliphatic heterocycles. The van der Waals surface area contributed by atoms with E-state index in [2.05, 4.69) is 9.98 Å². The maximum Gasteiger partial charge on any atom is 0.279 e. The maximum absolute atomic E-state index is 12.0. The van der Waals surface area contributed by atoms with Crippen LogP contribution in [0.25, 0.3) is 5.57 Å². The van der Waals surface area contributed by atoms with E-state index < -0.39 is 5.91 Å². The minimum Gasteiger partial charge on any atom is -0.494 e. The average Bonchev–Trinajstić information content (AvgIpc) is 2.88. The van der Waals surface area contributed by atoms with Crippen LogP contribution in [0.15, 0.2) is 23.2 Å². The molecule has 0 aliphatic carbocycles. The first-order chi connectivity index (χ1) is 9.60. The normalized spacial score (nSPS) is 13.2. The Kier molecular flexibility index (Phi) is 2.90. The number of aromatic hydroxyl groups is 1. The van der Waals surface area contributed by atoms with Crippen LogP contribution in [0, 0.1) is 0 Å². The van der Waals surface area contributed by atoms with Crippen LogP contribution in [0.5, 0.6) is 11.6 Å². The summed E-state index contributed by atoms with van der Waals surface area (Å²) in [7, 11) is 0. The third-order valence-electron chi connectivity index (χ3n) is 2.84. The summed E-state index contributed by atoms with van der Waals surface area (Å²) < 4.78 is 5.42. The highest BCUT2D eigenvalue weighted by Crippen LogP contribution is 2.32. The summed E-state index contributed by atoms with van der Waals surface area (Å²) in [6, 6.07) is 5.20. The number of amides is 1. The molecule has 0 spiro atoms. The molecule has 6 nitrogen and oxygen atoms in total. The van der Waals surface area contributed by atoms with Crippen LogP contribution in [-0.2, 0) is 4.79 Å². The van der Waals surface area contributed by atoms with E-state index in [4.69, 9.17) is 10.5 Å². The van der Waals surface area contributed by atoms with Gasteiger partial charge in [-0.2, -0.15) is 4.98 Å². The summed E-state index contributed by atoms with van der Waals surface area (Å²) in [5.41, 5.74) is 5.87. The van der Waals surface area contributed by atoms with Crippen molar-refractivity contribution in [3.63, 3.8) is 0 Å². The smallest absolute Gasteiger partial charge is 0.279 e. The Morgan fingerprint density at radius 2 is 2.25 bits per heavy atom. The minimum atomic E-state index is -0.410. The summed E-state index contributed by atoms with van der Waals surface area (Å²) in [6.45, 7) is 2.40. The van der Waals surface area contributed by atoms with Gasteiger partial charge in [-0.05, 0) is 25.1 Å². The summed E-state index contributed by atoms with van der Waals surface area (Å²) in [4.78, 5) is 20.1. The lowest BCUT2D eigenvalue weighted by Crippen LogP contribution is -2.23. The zero-order valence-electron chi connectivity index (χ0n) is 10.6. The number of anilines is 1. The number of nitrogen functional groups attached to an aromatic ring is 1. The molecule has 1 aliphatic rings. The Balaban J connectivity index is 2.29. The van der Waals surface area contributed by atoms with Gasteiger partial charge in [0.25, 0.3) is 5.91 Å². The summed E-state index contributed by atoms with van der Waals surface area (Å²) in [6.07, 6.45) is 0. The molecular formula is C13H11N3O3S. The van der Waals surface area contributed by atoms with Crippen LogP contribution in [0.1, 0.15) is 11.8 Å². The molecule has 3 N–H and O–H groups in total. The van der Waals surface area contributed by atoms with Crippen molar-refractivity contribution in [3.05, 3.63) is 33.7 Å². The van der Waals surface area contributed by atoms with Gasteiger partial charge in [0.1, 0.15) is 10.6 Å². The summed E-state index contributed by atoms with van der Waals surface area (Å²) in [5, 5.41) is 11.2. The Bertz CT molecular complexity index is 826. The largest absolute Gasteiger partial charge is 0.494 e. The van der Waals surface area contributed by atoms with Gasteiger partial charge in [-0.3, -0.25) is 4.79 Å². The second-order valence-electron chi connectivity index (χ2n) is 4.11. The zero-order chi connectivity index (χ0) is 14.3. The van der Waals surface area contributed by atoms with Gasteiger partial charge >= 0.3 is 0 Å². The van der Waals surface area contributed by atoms with Gasteiger partial charge in [0, 0.05) is 5.22 Å². The van der Waals surface area contributed by atoms with Crippen molar-refractivity contribution in [2.24, 2.45) is 4.99 Å². The number of carbonyl (C=O) groups is 1. The van der Waals surface area contributed by atoms with Crippen molar-refractivity contribution in [2.75, 3.05) is 12.3 Å². The van der Waals surface area contributed by atoms with E-state index in [1.165, 1.54) is 0 Å². The molecule has 1 amide bonds. The van der Waals surface area contributed by atoms with Crippen LogP contribution in [0.3, 0.4) is 0 Å². The fourth-order valence-corrected chi connectivity index (χ4v) is 2.84. The highest BCUT2D eigenvalue weighted by molar-refractivity contribution is 7.17. The first kappa shape index (κ1) is 12.6. The van der Waals surface area contributed by atoms with E-state index in [1.807, 2.05) is 6.92 Å². The number of hydrogen-bond donors (Lipinski definition) is 2. The van der Waals surface area contributed by atoms with Crippen LogP contribution >= 0.6 is 11.3 Å². The summed E-state index contributed by atoms with van der Waals surface area (Å²) in [5.74, 6) is -0.0149. The van der Waals surface area contributed by atoms with E-state index in [0.717, 1.165) is 11.3 Å². The van der Waals surface area contributed by atoms with E-state index in [9.17, 15) is 9.90 Å². The van der Waals surface area contributed by atoms with Gasteiger partial charge in [-0.25, -0.2) is 4.99 Å². The third kappa shape index (κ3) is 1.92. The first-order valence-corrected chi connectivity index (χ1v) is 6.77. The Morgan fingerprint density at radius 1 is 1.45 bits per heavy atom. The predicted octanol–water partition coefficient (Wildman–Crippen LogP) is 0.188. The fourth-order valence-electron chi connectivity index (χ4n) is 2.06. The fraction of sp³-hybridized carbons (Fsp3) is 0.154. The van der Waals surface area contributed by atoms with Crippen molar-refractivity contribution >= 4 is 27.9 Å². The monoisotopic (exact) mass is 289 g/mol.